The second-order valence-electron chi connectivity index (χ2n) is 4.37. The molecule has 0 aliphatic carbocycles. The molecule has 18 heavy (non-hydrogen) atoms. The number of nitrogens with zero attached hydrogens (tertiary/aromatic N) is 3. The van der Waals surface area contributed by atoms with E-state index in [9.17, 15) is 10.2 Å². The summed E-state index contributed by atoms with van der Waals surface area (Å²) in [7, 11) is 0. The van der Waals surface area contributed by atoms with E-state index in [1.165, 1.54) is 4.68 Å². The molecule has 2 unspecified atom stereocenters. The van der Waals surface area contributed by atoms with Gasteiger partial charge in [0.25, 0.3) is 0 Å². The molecule has 2 N–H and O–H groups in total. The van der Waals surface area contributed by atoms with Crippen LogP contribution in [0.4, 0.5) is 0 Å². The maximum atomic E-state index is 9.73. The summed E-state index contributed by atoms with van der Waals surface area (Å²) in [6.07, 6.45) is 3.15. The van der Waals surface area contributed by atoms with Crippen LogP contribution in [-0.4, -0.2) is 44.5 Å². The van der Waals surface area contributed by atoms with Gasteiger partial charge in [-0.05, 0) is 12.8 Å². The second-order valence-corrected chi connectivity index (χ2v) is 4.37. The van der Waals surface area contributed by atoms with Gasteiger partial charge in [-0.15, -0.1) is 5.10 Å². The molecule has 0 aliphatic heterocycles. The molecule has 0 amide bonds. The van der Waals surface area contributed by atoms with Gasteiger partial charge in [-0.3, -0.25) is 0 Å². The lowest BCUT2D eigenvalue weighted by atomic mass is 10.2. The molecule has 0 spiro atoms. The van der Waals surface area contributed by atoms with Crippen molar-refractivity contribution in [3.05, 3.63) is 11.9 Å². The van der Waals surface area contributed by atoms with Gasteiger partial charge >= 0.3 is 0 Å². The predicted molar refractivity (Wildman–Crippen MR) is 67.0 cm³/mol. The third kappa shape index (κ3) is 5.12. The van der Waals surface area contributed by atoms with Gasteiger partial charge in [0.2, 0.25) is 0 Å². The molecule has 1 aromatic heterocycles. The molecule has 0 fully saturated rings. The van der Waals surface area contributed by atoms with E-state index in [4.69, 9.17) is 4.74 Å². The average Bonchev–Trinajstić information content (AvgIpc) is 2.82. The maximum absolute atomic E-state index is 9.73. The number of aromatic nitrogens is 3. The van der Waals surface area contributed by atoms with Crippen LogP contribution in [0.3, 0.4) is 0 Å². The lowest BCUT2D eigenvalue weighted by molar-refractivity contribution is 0.0251. The molecule has 0 aliphatic rings. The largest absolute Gasteiger partial charge is 0.389 e. The van der Waals surface area contributed by atoms with Crippen molar-refractivity contribution in [2.45, 2.75) is 51.9 Å². The molecule has 6 nitrogen and oxygen atoms in total. The molecule has 1 heterocycles. The molecule has 0 saturated heterocycles. The smallest absolute Gasteiger partial charge is 0.111 e. The van der Waals surface area contributed by atoms with E-state index < -0.39 is 12.2 Å². The van der Waals surface area contributed by atoms with Crippen LogP contribution in [0.2, 0.25) is 0 Å². The van der Waals surface area contributed by atoms with Crippen molar-refractivity contribution in [3.63, 3.8) is 0 Å². The van der Waals surface area contributed by atoms with Gasteiger partial charge < -0.3 is 14.9 Å². The topological polar surface area (TPSA) is 80.4 Å². The van der Waals surface area contributed by atoms with Crippen LogP contribution in [0.25, 0.3) is 0 Å². The van der Waals surface area contributed by atoms with Crippen molar-refractivity contribution < 1.29 is 14.9 Å². The number of ether oxygens (including phenoxy) is 1. The molecule has 0 aromatic carbocycles. The van der Waals surface area contributed by atoms with Gasteiger partial charge in [0, 0.05) is 6.61 Å². The highest BCUT2D eigenvalue weighted by Gasteiger charge is 2.12. The Balaban J connectivity index is 2.30. The van der Waals surface area contributed by atoms with E-state index in [1.807, 2.05) is 6.92 Å². The summed E-state index contributed by atoms with van der Waals surface area (Å²) in [4.78, 5) is 0. The van der Waals surface area contributed by atoms with Crippen LogP contribution >= 0.6 is 0 Å². The molecule has 104 valence electrons. The Morgan fingerprint density at radius 1 is 1.39 bits per heavy atom. The highest BCUT2D eigenvalue weighted by Crippen LogP contribution is 2.11. The van der Waals surface area contributed by atoms with Crippen molar-refractivity contribution in [2.75, 3.05) is 13.2 Å². The number of hydrogen-bond acceptors (Lipinski definition) is 5. The zero-order valence-corrected chi connectivity index (χ0v) is 11.1. The molecule has 0 radical (unpaired) electrons. The maximum Gasteiger partial charge on any atom is 0.111 e. The van der Waals surface area contributed by atoms with Crippen molar-refractivity contribution in [2.24, 2.45) is 0 Å². The molecule has 0 bridgehead atoms. The number of aliphatic hydroxyl groups is 2. The van der Waals surface area contributed by atoms with Crippen LogP contribution in [-0.2, 0) is 11.3 Å². The highest BCUT2D eigenvalue weighted by atomic mass is 16.5. The van der Waals surface area contributed by atoms with Gasteiger partial charge in [0.1, 0.15) is 5.69 Å². The summed E-state index contributed by atoms with van der Waals surface area (Å²) in [5.74, 6) is 0. The highest BCUT2D eigenvalue weighted by molar-refractivity contribution is 4.96. The lowest BCUT2D eigenvalue weighted by Gasteiger charge is -2.10. The minimum absolute atomic E-state index is 0.297. The molecule has 1 rings (SSSR count). The average molecular weight is 257 g/mol. The van der Waals surface area contributed by atoms with Gasteiger partial charge in [-0.2, -0.15) is 0 Å². The second kappa shape index (κ2) is 8.18. The number of hydrogen-bond donors (Lipinski definition) is 2. The first-order chi connectivity index (χ1) is 8.67. The van der Waals surface area contributed by atoms with Crippen LogP contribution in [0.1, 0.15) is 44.9 Å². The predicted octanol–water partition coefficient (Wildman–Crippen LogP) is 0.899. The van der Waals surface area contributed by atoms with E-state index in [0.717, 1.165) is 12.8 Å². The van der Waals surface area contributed by atoms with Crippen LogP contribution in [0, 0.1) is 0 Å². The Morgan fingerprint density at radius 3 is 2.83 bits per heavy atom. The Labute approximate surface area is 108 Å². The van der Waals surface area contributed by atoms with E-state index >= 15 is 0 Å². The fourth-order valence-corrected chi connectivity index (χ4v) is 1.50. The SMILES string of the molecule is CCCCOCC(O)Cn1cc(C(O)CC)nn1. The van der Waals surface area contributed by atoms with E-state index in [-0.39, 0.29) is 0 Å². The van der Waals surface area contributed by atoms with Crippen LogP contribution < -0.4 is 0 Å². The molecule has 6 heteroatoms. The Kier molecular flexibility index (Phi) is 6.85. The monoisotopic (exact) mass is 257 g/mol. The molecular weight excluding hydrogens is 234 g/mol. The zero-order chi connectivity index (χ0) is 13.4. The van der Waals surface area contributed by atoms with Gasteiger partial charge in [-0.25, -0.2) is 4.68 Å². The minimum Gasteiger partial charge on any atom is -0.389 e. The van der Waals surface area contributed by atoms with E-state index in [0.29, 0.717) is 31.9 Å². The summed E-state index contributed by atoms with van der Waals surface area (Å²) < 4.78 is 6.85. The fraction of sp³-hybridized carbons (Fsp3) is 0.833. The molecule has 2 atom stereocenters. The van der Waals surface area contributed by atoms with Crippen LogP contribution in [0.5, 0.6) is 0 Å². The summed E-state index contributed by atoms with van der Waals surface area (Å²) in [5, 5.41) is 27.0. The van der Waals surface area contributed by atoms with Gasteiger partial charge in [-0.1, -0.05) is 25.5 Å². The standard InChI is InChI=1S/C12H23N3O3/c1-3-5-6-18-9-10(16)7-15-8-11(13-14-15)12(17)4-2/h8,10,12,16-17H,3-7,9H2,1-2H3. The zero-order valence-electron chi connectivity index (χ0n) is 11.1. The normalized spacial score (nSPS) is 14.7. The third-order valence-corrected chi connectivity index (χ3v) is 2.63. The first-order valence-corrected chi connectivity index (χ1v) is 6.51. The van der Waals surface area contributed by atoms with Crippen LogP contribution in [0.15, 0.2) is 6.20 Å². The Morgan fingerprint density at radius 2 is 2.17 bits per heavy atom. The molecule has 0 saturated carbocycles. The lowest BCUT2D eigenvalue weighted by Crippen LogP contribution is -2.22. The summed E-state index contributed by atoms with van der Waals surface area (Å²) in [6, 6.07) is 0. The number of unbranched alkanes of at least 4 members (excludes halogenated alkanes) is 1. The van der Waals surface area contributed by atoms with Crippen molar-refractivity contribution >= 4 is 0 Å². The Bertz CT molecular complexity index is 330. The summed E-state index contributed by atoms with van der Waals surface area (Å²) in [5.41, 5.74) is 0.539. The minimum atomic E-state index is -0.602. The summed E-state index contributed by atoms with van der Waals surface area (Å²) >= 11 is 0. The molecular formula is C12H23N3O3. The fourth-order valence-electron chi connectivity index (χ4n) is 1.50. The Hall–Kier alpha value is -0.980. The van der Waals surface area contributed by atoms with E-state index in [1.54, 1.807) is 6.20 Å². The summed E-state index contributed by atoms with van der Waals surface area (Å²) in [6.45, 7) is 5.27. The van der Waals surface area contributed by atoms with Gasteiger partial charge in [0.15, 0.2) is 0 Å². The van der Waals surface area contributed by atoms with Gasteiger partial charge in [0.05, 0.1) is 31.6 Å². The number of rotatable bonds is 9. The molecule has 1 aromatic rings. The van der Waals surface area contributed by atoms with Crippen molar-refractivity contribution in [3.8, 4) is 0 Å². The quantitative estimate of drug-likeness (QED) is 0.642. The van der Waals surface area contributed by atoms with Crippen molar-refractivity contribution in [1.29, 1.82) is 0 Å². The van der Waals surface area contributed by atoms with Crippen molar-refractivity contribution in [1.82, 2.24) is 15.0 Å². The third-order valence-electron chi connectivity index (χ3n) is 2.63. The van der Waals surface area contributed by atoms with E-state index in [2.05, 4.69) is 17.2 Å². The first kappa shape index (κ1) is 15.1. The number of aliphatic hydroxyl groups excluding tert-OH is 2. The first-order valence-electron chi connectivity index (χ1n) is 6.51.